The number of nitrogens with zero attached hydrogens (tertiary/aromatic N) is 4. The summed E-state index contributed by atoms with van der Waals surface area (Å²) in [6.45, 7) is 1.09. The van der Waals surface area contributed by atoms with Gasteiger partial charge in [0.2, 0.25) is 5.82 Å². The van der Waals surface area contributed by atoms with Crippen molar-refractivity contribution in [3.8, 4) is 0 Å². The summed E-state index contributed by atoms with van der Waals surface area (Å²) in [7, 11) is 0. The summed E-state index contributed by atoms with van der Waals surface area (Å²) in [6.07, 6.45) is -4.50. The summed E-state index contributed by atoms with van der Waals surface area (Å²) >= 11 is 0. The van der Waals surface area contributed by atoms with Crippen LogP contribution in [0.25, 0.3) is 0 Å². The summed E-state index contributed by atoms with van der Waals surface area (Å²) in [5.74, 6) is -1.03. The van der Waals surface area contributed by atoms with Gasteiger partial charge < -0.3 is 4.57 Å². The topological polar surface area (TPSA) is 34.0 Å². The minimum atomic E-state index is -4.50. The molecule has 1 aliphatic rings. The van der Waals surface area contributed by atoms with Crippen molar-refractivity contribution in [3.05, 3.63) is 47.3 Å². The van der Waals surface area contributed by atoms with Gasteiger partial charge in [0, 0.05) is 25.2 Å². The molecule has 1 aliphatic heterocycles. The molecule has 0 atom stereocenters. The lowest BCUT2D eigenvalue weighted by Crippen LogP contribution is -2.35. The zero-order chi connectivity index (χ0) is 15.0. The molecular formula is C13H12F4N4. The molecule has 112 valence electrons. The first kappa shape index (κ1) is 14.0. The number of rotatable bonds is 2. The van der Waals surface area contributed by atoms with Crippen LogP contribution in [0.3, 0.4) is 0 Å². The zero-order valence-electron chi connectivity index (χ0n) is 10.9. The van der Waals surface area contributed by atoms with Crippen molar-refractivity contribution in [1.29, 1.82) is 0 Å². The van der Waals surface area contributed by atoms with Crippen molar-refractivity contribution in [2.75, 3.05) is 6.54 Å². The van der Waals surface area contributed by atoms with E-state index in [0.717, 1.165) is 4.57 Å². The maximum atomic E-state index is 13.6. The monoisotopic (exact) mass is 300 g/mol. The fraction of sp³-hybridized carbons (Fsp3) is 0.385. The molecule has 0 bridgehead atoms. The Kier molecular flexibility index (Phi) is 3.40. The second-order valence-corrected chi connectivity index (χ2v) is 4.89. The van der Waals surface area contributed by atoms with Gasteiger partial charge in [0.15, 0.2) is 0 Å². The van der Waals surface area contributed by atoms with Gasteiger partial charge in [-0.3, -0.25) is 4.90 Å². The van der Waals surface area contributed by atoms with Crippen LogP contribution in [-0.4, -0.2) is 26.2 Å². The predicted octanol–water partition coefficient (Wildman–Crippen LogP) is 2.45. The fourth-order valence-corrected chi connectivity index (χ4v) is 2.42. The van der Waals surface area contributed by atoms with Gasteiger partial charge in [-0.05, 0) is 6.07 Å². The predicted molar refractivity (Wildman–Crippen MR) is 65.5 cm³/mol. The Balaban J connectivity index is 1.77. The first-order chi connectivity index (χ1) is 9.95. The number of fused-ring (bicyclic) bond motifs is 1. The van der Waals surface area contributed by atoms with Gasteiger partial charge in [-0.1, -0.05) is 18.2 Å². The first-order valence-electron chi connectivity index (χ1n) is 6.40. The highest BCUT2D eigenvalue weighted by molar-refractivity contribution is 5.17. The van der Waals surface area contributed by atoms with Crippen molar-refractivity contribution in [1.82, 2.24) is 19.7 Å². The Hall–Kier alpha value is -1.96. The van der Waals surface area contributed by atoms with Gasteiger partial charge in [-0.25, -0.2) is 4.39 Å². The summed E-state index contributed by atoms with van der Waals surface area (Å²) in [6, 6.07) is 6.35. The van der Waals surface area contributed by atoms with E-state index in [0.29, 0.717) is 18.7 Å². The smallest absolute Gasteiger partial charge is 0.305 e. The average molecular weight is 300 g/mol. The van der Waals surface area contributed by atoms with Crippen molar-refractivity contribution in [2.24, 2.45) is 0 Å². The molecule has 0 radical (unpaired) electrons. The summed E-state index contributed by atoms with van der Waals surface area (Å²) in [5, 5.41) is 6.81. The molecule has 0 saturated carbocycles. The molecule has 0 aliphatic carbocycles. The molecule has 0 N–H and O–H groups in total. The molecule has 0 amide bonds. The molecule has 1 aromatic carbocycles. The van der Waals surface area contributed by atoms with Crippen LogP contribution < -0.4 is 0 Å². The third-order valence-corrected chi connectivity index (χ3v) is 3.44. The van der Waals surface area contributed by atoms with E-state index in [1.807, 2.05) is 4.90 Å². The van der Waals surface area contributed by atoms with Crippen LogP contribution in [0.15, 0.2) is 24.3 Å². The minimum absolute atomic E-state index is 0.144. The van der Waals surface area contributed by atoms with E-state index in [9.17, 15) is 17.6 Å². The summed E-state index contributed by atoms with van der Waals surface area (Å²) in [5.41, 5.74) is 0.515. The molecule has 0 unspecified atom stereocenters. The zero-order valence-corrected chi connectivity index (χ0v) is 10.9. The van der Waals surface area contributed by atoms with E-state index in [2.05, 4.69) is 10.2 Å². The molecule has 0 saturated heterocycles. The van der Waals surface area contributed by atoms with Crippen molar-refractivity contribution in [2.45, 2.75) is 25.8 Å². The molecule has 2 heterocycles. The molecule has 8 heteroatoms. The van der Waals surface area contributed by atoms with E-state index in [1.54, 1.807) is 18.2 Å². The third kappa shape index (κ3) is 2.76. The van der Waals surface area contributed by atoms with E-state index in [-0.39, 0.29) is 24.7 Å². The highest BCUT2D eigenvalue weighted by Crippen LogP contribution is 2.29. The van der Waals surface area contributed by atoms with E-state index in [1.165, 1.54) is 6.07 Å². The Labute approximate surface area is 118 Å². The van der Waals surface area contributed by atoms with Crippen LogP contribution in [-0.2, 0) is 25.8 Å². The first-order valence-corrected chi connectivity index (χ1v) is 6.40. The van der Waals surface area contributed by atoms with Gasteiger partial charge >= 0.3 is 6.18 Å². The second-order valence-electron chi connectivity index (χ2n) is 4.89. The highest BCUT2D eigenvalue weighted by atomic mass is 19.4. The number of alkyl halides is 3. The maximum Gasteiger partial charge on any atom is 0.451 e. The highest BCUT2D eigenvalue weighted by Gasteiger charge is 2.39. The van der Waals surface area contributed by atoms with Crippen LogP contribution in [0.4, 0.5) is 17.6 Å². The van der Waals surface area contributed by atoms with Crippen molar-refractivity contribution in [3.63, 3.8) is 0 Å². The molecule has 4 nitrogen and oxygen atoms in total. The third-order valence-electron chi connectivity index (χ3n) is 3.44. The number of hydrogen-bond donors (Lipinski definition) is 0. The average Bonchev–Trinajstić information content (AvgIpc) is 2.84. The Bertz CT molecular complexity index is 650. The Morgan fingerprint density at radius 2 is 1.86 bits per heavy atom. The Morgan fingerprint density at radius 3 is 2.57 bits per heavy atom. The van der Waals surface area contributed by atoms with E-state index >= 15 is 0 Å². The maximum absolute atomic E-state index is 13.6. The molecule has 0 spiro atoms. The van der Waals surface area contributed by atoms with Gasteiger partial charge in [0.05, 0.1) is 6.54 Å². The van der Waals surface area contributed by atoms with Gasteiger partial charge in [-0.15, -0.1) is 10.2 Å². The van der Waals surface area contributed by atoms with Crippen LogP contribution in [0.5, 0.6) is 0 Å². The van der Waals surface area contributed by atoms with Crippen LogP contribution in [0.2, 0.25) is 0 Å². The molecular weight excluding hydrogens is 288 g/mol. The van der Waals surface area contributed by atoms with E-state index in [4.69, 9.17) is 0 Å². The van der Waals surface area contributed by atoms with Gasteiger partial charge in [-0.2, -0.15) is 13.2 Å². The number of aromatic nitrogens is 3. The molecule has 21 heavy (non-hydrogen) atoms. The quantitative estimate of drug-likeness (QED) is 0.799. The molecule has 1 aromatic heterocycles. The lowest BCUT2D eigenvalue weighted by Gasteiger charge is -2.27. The lowest BCUT2D eigenvalue weighted by atomic mass is 10.2. The lowest BCUT2D eigenvalue weighted by molar-refractivity contribution is -0.148. The largest absolute Gasteiger partial charge is 0.451 e. The van der Waals surface area contributed by atoms with Crippen LogP contribution in [0, 0.1) is 5.82 Å². The van der Waals surface area contributed by atoms with Crippen LogP contribution in [0.1, 0.15) is 17.2 Å². The molecule has 3 rings (SSSR count). The molecule has 0 fully saturated rings. The Morgan fingerprint density at radius 1 is 1.10 bits per heavy atom. The summed E-state index contributed by atoms with van der Waals surface area (Å²) < 4.78 is 52.8. The van der Waals surface area contributed by atoms with Crippen LogP contribution >= 0.6 is 0 Å². The summed E-state index contributed by atoms with van der Waals surface area (Å²) in [4.78, 5) is 1.85. The van der Waals surface area contributed by atoms with Gasteiger partial charge in [0.25, 0.3) is 0 Å². The number of hydrogen-bond acceptors (Lipinski definition) is 3. The van der Waals surface area contributed by atoms with Gasteiger partial charge in [0.1, 0.15) is 11.6 Å². The van der Waals surface area contributed by atoms with Crippen molar-refractivity contribution >= 4 is 0 Å². The number of halogens is 4. The normalized spacial score (nSPS) is 16.0. The second kappa shape index (κ2) is 5.10. The van der Waals surface area contributed by atoms with Crippen molar-refractivity contribution < 1.29 is 17.6 Å². The SMILES string of the molecule is Fc1ccccc1CN1CCn2c(nnc2C(F)(F)F)C1. The number of benzene rings is 1. The fourth-order valence-electron chi connectivity index (χ4n) is 2.42. The standard InChI is InChI=1S/C13H12F4N4/c14-10-4-2-1-3-9(10)7-20-5-6-21-11(8-20)18-19-12(21)13(15,16)17/h1-4H,5-8H2. The molecule has 2 aromatic rings. The van der Waals surface area contributed by atoms with E-state index < -0.39 is 12.0 Å². The minimum Gasteiger partial charge on any atom is -0.305 e.